The van der Waals surface area contributed by atoms with E-state index >= 15 is 0 Å². The molecule has 23 heavy (non-hydrogen) atoms. The van der Waals surface area contributed by atoms with Gasteiger partial charge >= 0.3 is 0 Å². The molecule has 0 bridgehead atoms. The molecule has 3 rings (SSSR count). The molecule has 1 aliphatic rings. The SMILES string of the molecule is COc1ccc(C(=O)N2CC(Oc3ccccn3)C2)c(OC)c1. The van der Waals surface area contributed by atoms with Crippen molar-refractivity contribution in [2.24, 2.45) is 0 Å². The highest BCUT2D eigenvalue weighted by Gasteiger charge is 2.34. The number of methoxy groups -OCH3 is 2. The summed E-state index contributed by atoms with van der Waals surface area (Å²) in [5.41, 5.74) is 0.518. The summed E-state index contributed by atoms with van der Waals surface area (Å²) in [5.74, 6) is 1.65. The smallest absolute Gasteiger partial charge is 0.257 e. The van der Waals surface area contributed by atoms with Crippen molar-refractivity contribution in [3.8, 4) is 17.4 Å². The molecule has 0 radical (unpaired) electrons. The molecule has 120 valence electrons. The van der Waals surface area contributed by atoms with Gasteiger partial charge in [0, 0.05) is 18.3 Å². The summed E-state index contributed by atoms with van der Waals surface area (Å²) in [6.45, 7) is 1.06. The van der Waals surface area contributed by atoms with Crippen molar-refractivity contribution in [3.05, 3.63) is 48.2 Å². The quantitative estimate of drug-likeness (QED) is 0.845. The number of carbonyl (C=O) groups is 1. The monoisotopic (exact) mass is 314 g/mol. The van der Waals surface area contributed by atoms with Gasteiger partial charge in [0.25, 0.3) is 5.91 Å². The second-order valence-electron chi connectivity index (χ2n) is 5.18. The Labute approximate surface area is 134 Å². The van der Waals surface area contributed by atoms with Crippen LogP contribution >= 0.6 is 0 Å². The van der Waals surface area contributed by atoms with Crippen molar-refractivity contribution in [1.29, 1.82) is 0 Å². The fourth-order valence-electron chi connectivity index (χ4n) is 2.41. The summed E-state index contributed by atoms with van der Waals surface area (Å²) in [6.07, 6.45) is 1.65. The lowest BCUT2D eigenvalue weighted by atomic mass is 10.1. The number of hydrogen-bond donors (Lipinski definition) is 0. The molecular weight excluding hydrogens is 296 g/mol. The van der Waals surface area contributed by atoms with Crippen LogP contribution in [0, 0.1) is 0 Å². The molecule has 2 aromatic rings. The largest absolute Gasteiger partial charge is 0.497 e. The van der Waals surface area contributed by atoms with Gasteiger partial charge in [-0.3, -0.25) is 4.79 Å². The van der Waals surface area contributed by atoms with Crippen LogP contribution in [0.1, 0.15) is 10.4 Å². The number of rotatable bonds is 5. The summed E-state index contributed by atoms with van der Waals surface area (Å²) in [7, 11) is 3.11. The molecule has 1 aromatic heterocycles. The molecule has 6 nitrogen and oxygen atoms in total. The molecule has 0 N–H and O–H groups in total. The van der Waals surface area contributed by atoms with Crippen molar-refractivity contribution < 1.29 is 19.0 Å². The van der Waals surface area contributed by atoms with Crippen LogP contribution in [0.25, 0.3) is 0 Å². The van der Waals surface area contributed by atoms with Crippen LogP contribution in [0.2, 0.25) is 0 Å². The van der Waals surface area contributed by atoms with E-state index in [0.29, 0.717) is 36.0 Å². The number of benzene rings is 1. The van der Waals surface area contributed by atoms with E-state index in [1.807, 2.05) is 12.1 Å². The Morgan fingerprint density at radius 2 is 2.00 bits per heavy atom. The molecular formula is C17H18N2O4. The third-order valence-corrected chi connectivity index (χ3v) is 3.70. The van der Waals surface area contributed by atoms with Gasteiger partial charge in [0.2, 0.25) is 5.88 Å². The molecule has 0 saturated carbocycles. The van der Waals surface area contributed by atoms with Crippen molar-refractivity contribution in [2.45, 2.75) is 6.10 Å². The van der Waals surface area contributed by atoms with E-state index in [-0.39, 0.29) is 12.0 Å². The first-order valence-electron chi connectivity index (χ1n) is 7.30. The van der Waals surface area contributed by atoms with Gasteiger partial charge in [-0.15, -0.1) is 0 Å². The Morgan fingerprint density at radius 3 is 2.65 bits per heavy atom. The van der Waals surface area contributed by atoms with Crippen molar-refractivity contribution in [2.75, 3.05) is 27.3 Å². The molecule has 1 amide bonds. The number of hydrogen-bond acceptors (Lipinski definition) is 5. The first-order chi connectivity index (χ1) is 11.2. The number of nitrogens with zero attached hydrogens (tertiary/aromatic N) is 2. The molecule has 0 spiro atoms. The zero-order chi connectivity index (χ0) is 16.2. The van der Waals surface area contributed by atoms with Gasteiger partial charge in [0.1, 0.15) is 17.6 Å². The summed E-state index contributed by atoms with van der Waals surface area (Å²) >= 11 is 0. The highest BCUT2D eigenvalue weighted by atomic mass is 16.5. The van der Waals surface area contributed by atoms with E-state index in [4.69, 9.17) is 14.2 Å². The van der Waals surface area contributed by atoms with E-state index in [0.717, 1.165) is 0 Å². The maximum atomic E-state index is 12.5. The summed E-state index contributed by atoms with van der Waals surface area (Å²) in [4.78, 5) is 18.4. The van der Waals surface area contributed by atoms with E-state index in [1.165, 1.54) is 7.11 Å². The lowest BCUT2D eigenvalue weighted by molar-refractivity contribution is 0.0158. The predicted molar refractivity (Wildman–Crippen MR) is 84.1 cm³/mol. The number of ether oxygens (including phenoxy) is 3. The molecule has 0 aliphatic carbocycles. The molecule has 0 atom stereocenters. The van der Waals surface area contributed by atoms with Gasteiger partial charge in [0.15, 0.2) is 0 Å². The van der Waals surface area contributed by atoms with Crippen LogP contribution < -0.4 is 14.2 Å². The molecule has 2 heterocycles. The topological polar surface area (TPSA) is 60.9 Å². The highest BCUT2D eigenvalue weighted by Crippen LogP contribution is 2.27. The minimum absolute atomic E-state index is 0.0295. The highest BCUT2D eigenvalue weighted by molar-refractivity contribution is 5.97. The van der Waals surface area contributed by atoms with Crippen molar-refractivity contribution >= 4 is 5.91 Å². The Bertz CT molecular complexity index is 684. The van der Waals surface area contributed by atoms with Crippen LogP contribution in [0.15, 0.2) is 42.6 Å². The fraction of sp³-hybridized carbons (Fsp3) is 0.294. The first-order valence-corrected chi connectivity index (χ1v) is 7.30. The number of carbonyl (C=O) groups excluding carboxylic acids is 1. The van der Waals surface area contributed by atoms with E-state index in [2.05, 4.69) is 4.98 Å². The lowest BCUT2D eigenvalue weighted by Crippen LogP contribution is -2.56. The van der Waals surface area contributed by atoms with Crippen LogP contribution in [-0.4, -0.2) is 49.2 Å². The minimum Gasteiger partial charge on any atom is -0.497 e. The molecule has 6 heteroatoms. The molecule has 1 aromatic carbocycles. The minimum atomic E-state index is -0.0784. The zero-order valence-electron chi connectivity index (χ0n) is 13.1. The van der Waals surface area contributed by atoms with Crippen LogP contribution in [0.4, 0.5) is 0 Å². The van der Waals surface area contributed by atoms with Crippen molar-refractivity contribution in [1.82, 2.24) is 9.88 Å². The maximum absolute atomic E-state index is 12.5. The van der Waals surface area contributed by atoms with E-state index < -0.39 is 0 Å². The summed E-state index contributed by atoms with van der Waals surface area (Å²) < 4.78 is 16.1. The van der Waals surface area contributed by atoms with Gasteiger partial charge in [0.05, 0.1) is 32.9 Å². The van der Waals surface area contributed by atoms with Gasteiger partial charge < -0.3 is 19.1 Å². The standard InChI is InChI=1S/C17H18N2O4/c1-21-12-6-7-14(15(9-12)22-2)17(20)19-10-13(11-19)23-16-5-3-4-8-18-16/h3-9,13H,10-11H2,1-2H3. The average Bonchev–Trinajstić information content (AvgIpc) is 2.57. The van der Waals surface area contributed by atoms with Gasteiger partial charge in [-0.1, -0.05) is 6.07 Å². The Morgan fingerprint density at radius 1 is 1.17 bits per heavy atom. The van der Waals surface area contributed by atoms with Crippen LogP contribution in [0.5, 0.6) is 17.4 Å². The zero-order valence-corrected chi connectivity index (χ0v) is 13.1. The molecule has 1 aliphatic heterocycles. The summed E-state index contributed by atoms with van der Waals surface area (Å²) in [6, 6.07) is 10.7. The Hall–Kier alpha value is -2.76. The van der Waals surface area contributed by atoms with Gasteiger partial charge in [-0.25, -0.2) is 4.98 Å². The second-order valence-corrected chi connectivity index (χ2v) is 5.18. The molecule has 0 unspecified atom stereocenters. The number of pyridine rings is 1. The Balaban J connectivity index is 1.62. The van der Waals surface area contributed by atoms with Gasteiger partial charge in [-0.05, 0) is 18.2 Å². The normalized spacial score (nSPS) is 14.1. The third-order valence-electron chi connectivity index (χ3n) is 3.70. The molecule has 1 saturated heterocycles. The maximum Gasteiger partial charge on any atom is 0.257 e. The number of likely N-dealkylation sites (tertiary alicyclic amines) is 1. The van der Waals surface area contributed by atoms with Gasteiger partial charge in [-0.2, -0.15) is 0 Å². The number of aromatic nitrogens is 1. The Kier molecular flexibility index (Phi) is 4.32. The third kappa shape index (κ3) is 3.21. The first kappa shape index (κ1) is 15.1. The van der Waals surface area contributed by atoms with E-state index in [9.17, 15) is 4.79 Å². The number of amides is 1. The summed E-state index contributed by atoms with van der Waals surface area (Å²) in [5, 5.41) is 0. The molecule has 1 fully saturated rings. The lowest BCUT2D eigenvalue weighted by Gasteiger charge is -2.38. The average molecular weight is 314 g/mol. The van der Waals surface area contributed by atoms with Crippen LogP contribution in [0.3, 0.4) is 0 Å². The second kappa shape index (κ2) is 6.56. The fourth-order valence-corrected chi connectivity index (χ4v) is 2.41. The van der Waals surface area contributed by atoms with E-state index in [1.54, 1.807) is 42.5 Å². The predicted octanol–water partition coefficient (Wildman–Crippen LogP) is 2.00. The van der Waals surface area contributed by atoms with Crippen molar-refractivity contribution in [3.63, 3.8) is 0 Å². The van der Waals surface area contributed by atoms with Crippen LogP contribution in [-0.2, 0) is 0 Å².